The number of hydrogen-bond donors (Lipinski definition) is 1. The molecule has 13 heavy (non-hydrogen) atoms. The summed E-state index contributed by atoms with van der Waals surface area (Å²) in [5.74, 6) is 0. The highest BCUT2D eigenvalue weighted by molar-refractivity contribution is 5.67. The lowest BCUT2D eigenvalue weighted by Crippen LogP contribution is -2.41. The minimum absolute atomic E-state index is 0.276. The van der Waals surface area contributed by atoms with Gasteiger partial charge in [-0.05, 0) is 31.6 Å². The molecule has 0 atom stereocenters. The van der Waals surface area contributed by atoms with Crippen LogP contribution in [0.4, 0.5) is 4.79 Å². The molecule has 0 heterocycles. The fraction of sp³-hybridized carbons (Fsp3) is 0.900. The Labute approximate surface area is 79.8 Å². The molecule has 1 aliphatic rings. The molecular formula is C10H19NO2. The minimum atomic E-state index is -0.276. The SMILES string of the molecule is CCOC(=O)NCC1(CC)CCC1. The van der Waals surface area contributed by atoms with Crippen LogP contribution in [0.1, 0.15) is 39.5 Å². The van der Waals surface area contributed by atoms with Gasteiger partial charge in [0, 0.05) is 6.54 Å². The number of rotatable bonds is 4. The molecule has 1 rings (SSSR count). The second-order valence-electron chi connectivity index (χ2n) is 3.78. The van der Waals surface area contributed by atoms with Crippen molar-refractivity contribution >= 4 is 6.09 Å². The van der Waals surface area contributed by atoms with Crippen LogP contribution in [0.5, 0.6) is 0 Å². The topological polar surface area (TPSA) is 38.3 Å². The Morgan fingerprint density at radius 2 is 2.15 bits per heavy atom. The van der Waals surface area contributed by atoms with E-state index < -0.39 is 0 Å². The van der Waals surface area contributed by atoms with E-state index in [4.69, 9.17) is 4.74 Å². The highest BCUT2D eigenvalue weighted by Gasteiger charge is 2.35. The fourth-order valence-corrected chi connectivity index (χ4v) is 1.77. The van der Waals surface area contributed by atoms with Crippen LogP contribution in [-0.2, 0) is 4.74 Å². The number of ether oxygens (including phenoxy) is 1. The fourth-order valence-electron chi connectivity index (χ4n) is 1.77. The highest BCUT2D eigenvalue weighted by Crippen LogP contribution is 2.42. The summed E-state index contributed by atoms with van der Waals surface area (Å²) in [6.07, 6.45) is 4.67. The maximum Gasteiger partial charge on any atom is 0.407 e. The maximum atomic E-state index is 11.0. The number of hydrogen-bond acceptors (Lipinski definition) is 2. The van der Waals surface area contributed by atoms with Crippen molar-refractivity contribution in [1.29, 1.82) is 0 Å². The zero-order valence-corrected chi connectivity index (χ0v) is 8.56. The van der Waals surface area contributed by atoms with Gasteiger partial charge in [-0.3, -0.25) is 0 Å². The predicted octanol–water partition coefficient (Wildman–Crippen LogP) is 2.31. The lowest BCUT2D eigenvalue weighted by atomic mass is 9.67. The molecular weight excluding hydrogens is 166 g/mol. The standard InChI is InChI=1S/C10H19NO2/c1-3-10(6-5-7-10)8-11-9(12)13-4-2/h3-8H2,1-2H3,(H,11,12). The number of carbonyl (C=O) groups excluding carboxylic acids is 1. The third-order valence-corrected chi connectivity index (χ3v) is 3.05. The highest BCUT2D eigenvalue weighted by atomic mass is 16.5. The largest absolute Gasteiger partial charge is 0.450 e. The van der Waals surface area contributed by atoms with Crippen molar-refractivity contribution in [3.63, 3.8) is 0 Å². The van der Waals surface area contributed by atoms with Crippen molar-refractivity contribution in [2.24, 2.45) is 5.41 Å². The summed E-state index contributed by atoms with van der Waals surface area (Å²) in [6, 6.07) is 0. The van der Waals surface area contributed by atoms with Gasteiger partial charge in [0.05, 0.1) is 6.61 Å². The van der Waals surface area contributed by atoms with Gasteiger partial charge in [0.2, 0.25) is 0 Å². The van der Waals surface area contributed by atoms with E-state index in [0.29, 0.717) is 12.0 Å². The van der Waals surface area contributed by atoms with Gasteiger partial charge in [0.1, 0.15) is 0 Å². The lowest BCUT2D eigenvalue weighted by Gasteiger charge is -2.41. The van der Waals surface area contributed by atoms with Gasteiger partial charge in [-0.2, -0.15) is 0 Å². The molecule has 0 aromatic heterocycles. The van der Waals surface area contributed by atoms with E-state index >= 15 is 0 Å². The molecule has 0 aliphatic heterocycles. The predicted molar refractivity (Wildman–Crippen MR) is 51.6 cm³/mol. The summed E-state index contributed by atoms with van der Waals surface area (Å²) < 4.78 is 4.80. The van der Waals surface area contributed by atoms with Gasteiger partial charge in [-0.1, -0.05) is 13.3 Å². The van der Waals surface area contributed by atoms with Gasteiger partial charge in [0.25, 0.3) is 0 Å². The minimum Gasteiger partial charge on any atom is -0.450 e. The Balaban J connectivity index is 2.20. The van der Waals surface area contributed by atoms with Gasteiger partial charge in [-0.15, -0.1) is 0 Å². The van der Waals surface area contributed by atoms with Gasteiger partial charge in [-0.25, -0.2) is 4.79 Å². The van der Waals surface area contributed by atoms with Crippen LogP contribution in [0, 0.1) is 5.41 Å². The van der Waals surface area contributed by atoms with E-state index in [1.54, 1.807) is 0 Å². The van der Waals surface area contributed by atoms with E-state index in [-0.39, 0.29) is 6.09 Å². The zero-order chi connectivity index (χ0) is 9.73. The lowest BCUT2D eigenvalue weighted by molar-refractivity contribution is 0.108. The third kappa shape index (κ3) is 2.61. The van der Waals surface area contributed by atoms with Gasteiger partial charge in [0.15, 0.2) is 0 Å². The Bertz CT molecular complexity index is 170. The van der Waals surface area contributed by atoms with Crippen molar-refractivity contribution in [2.45, 2.75) is 39.5 Å². The van der Waals surface area contributed by atoms with E-state index in [0.717, 1.165) is 13.0 Å². The van der Waals surface area contributed by atoms with Crippen LogP contribution in [0.3, 0.4) is 0 Å². The molecule has 1 saturated carbocycles. The molecule has 0 radical (unpaired) electrons. The molecule has 0 saturated heterocycles. The second kappa shape index (κ2) is 4.49. The third-order valence-electron chi connectivity index (χ3n) is 3.05. The normalized spacial score (nSPS) is 18.9. The van der Waals surface area contributed by atoms with E-state index in [1.165, 1.54) is 19.3 Å². The van der Waals surface area contributed by atoms with Crippen molar-refractivity contribution in [3.05, 3.63) is 0 Å². The Kier molecular flexibility index (Phi) is 3.58. The molecule has 1 amide bonds. The first-order valence-corrected chi connectivity index (χ1v) is 5.13. The molecule has 1 aliphatic carbocycles. The van der Waals surface area contributed by atoms with Crippen LogP contribution in [0.2, 0.25) is 0 Å². The summed E-state index contributed by atoms with van der Waals surface area (Å²) in [5, 5.41) is 2.82. The smallest absolute Gasteiger partial charge is 0.407 e. The first-order valence-electron chi connectivity index (χ1n) is 5.13. The van der Waals surface area contributed by atoms with E-state index in [1.807, 2.05) is 6.92 Å². The number of carbonyl (C=O) groups is 1. The summed E-state index contributed by atoms with van der Waals surface area (Å²) in [6.45, 7) is 5.23. The van der Waals surface area contributed by atoms with Crippen LogP contribution in [0.25, 0.3) is 0 Å². The van der Waals surface area contributed by atoms with E-state index in [2.05, 4.69) is 12.2 Å². The molecule has 76 valence electrons. The maximum absolute atomic E-state index is 11.0. The van der Waals surface area contributed by atoms with Crippen LogP contribution in [0.15, 0.2) is 0 Å². The van der Waals surface area contributed by atoms with Crippen molar-refractivity contribution in [2.75, 3.05) is 13.2 Å². The number of alkyl carbamates (subject to hydrolysis) is 1. The Morgan fingerprint density at radius 1 is 1.46 bits per heavy atom. The summed E-state index contributed by atoms with van der Waals surface area (Å²) in [5.41, 5.74) is 0.382. The van der Waals surface area contributed by atoms with Gasteiger partial charge >= 0.3 is 6.09 Å². The second-order valence-corrected chi connectivity index (χ2v) is 3.78. The van der Waals surface area contributed by atoms with E-state index in [9.17, 15) is 4.79 Å². The van der Waals surface area contributed by atoms with Crippen LogP contribution >= 0.6 is 0 Å². The van der Waals surface area contributed by atoms with Crippen molar-refractivity contribution < 1.29 is 9.53 Å². The average Bonchev–Trinajstić information content (AvgIpc) is 2.04. The molecule has 0 aromatic carbocycles. The van der Waals surface area contributed by atoms with Crippen molar-refractivity contribution in [1.82, 2.24) is 5.32 Å². The quantitative estimate of drug-likeness (QED) is 0.730. The molecule has 3 nitrogen and oxygen atoms in total. The van der Waals surface area contributed by atoms with Crippen LogP contribution < -0.4 is 5.32 Å². The Morgan fingerprint density at radius 3 is 2.54 bits per heavy atom. The summed E-state index contributed by atoms with van der Waals surface area (Å²) >= 11 is 0. The summed E-state index contributed by atoms with van der Waals surface area (Å²) in [4.78, 5) is 11.0. The summed E-state index contributed by atoms with van der Waals surface area (Å²) in [7, 11) is 0. The molecule has 0 unspecified atom stereocenters. The molecule has 0 bridgehead atoms. The van der Waals surface area contributed by atoms with Crippen molar-refractivity contribution in [3.8, 4) is 0 Å². The molecule has 0 aromatic rings. The molecule has 0 spiro atoms. The first-order chi connectivity index (χ1) is 6.22. The first kappa shape index (κ1) is 10.4. The zero-order valence-electron chi connectivity index (χ0n) is 8.56. The Hall–Kier alpha value is -0.730. The number of amides is 1. The number of nitrogens with one attached hydrogen (secondary N) is 1. The monoisotopic (exact) mass is 185 g/mol. The average molecular weight is 185 g/mol. The van der Waals surface area contributed by atoms with Gasteiger partial charge < -0.3 is 10.1 Å². The van der Waals surface area contributed by atoms with Crippen LogP contribution in [-0.4, -0.2) is 19.2 Å². The molecule has 1 N–H and O–H groups in total. The molecule has 3 heteroatoms. The molecule has 1 fully saturated rings.